The van der Waals surface area contributed by atoms with Gasteiger partial charge in [-0.1, -0.05) is 78.3 Å². The number of carboxylic acids is 1. The van der Waals surface area contributed by atoms with Gasteiger partial charge in [0, 0.05) is 50.6 Å². The van der Waals surface area contributed by atoms with Gasteiger partial charge >= 0.3 is 5.97 Å². The van der Waals surface area contributed by atoms with Gasteiger partial charge in [0.05, 0.1) is 0 Å². The second-order valence-electron chi connectivity index (χ2n) is 11.8. The molecule has 0 radical (unpaired) electrons. The van der Waals surface area contributed by atoms with E-state index >= 15 is 0 Å². The Kier molecular flexibility index (Phi) is 8.70. The summed E-state index contributed by atoms with van der Waals surface area (Å²) >= 11 is 8.12. The van der Waals surface area contributed by atoms with Gasteiger partial charge in [-0.15, -0.1) is 11.8 Å². The molecule has 1 heterocycles. The lowest BCUT2D eigenvalue weighted by Gasteiger charge is -2.29. The molecule has 190 valence electrons. The number of thioether (sulfide) groups is 1. The third-order valence-electron chi connectivity index (χ3n) is 6.44. The van der Waals surface area contributed by atoms with Gasteiger partial charge in [-0.3, -0.25) is 4.79 Å². The van der Waals surface area contributed by atoms with E-state index < -0.39 is 5.97 Å². The van der Waals surface area contributed by atoms with Crippen molar-refractivity contribution in [1.29, 1.82) is 0 Å². The maximum absolute atomic E-state index is 11.3. The first-order valence-corrected chi connectivity index (χ1v) is 13.9. The van der Waals surface area contributed by atoms with Gasteiger partial charge in [-0.2, -0.15) is 0 Å². The molecule has 3 aromatic rings. The van der Waals surface area contributed by atoms with Crippen LogP contribution in [0.5, 0.6) is 0 Å². The van der Waals surface area contributed by atoms with Crippen molar-refractivity contribution in [1.82, 2.24) is 4.57 Å². The van der Waals surface area contributed by atoms with E-state index in [1.54, 1.807) is 0 Å². The molecule has 3 nitrogen and oxygen atoms in total. The van der Waals surface area contributed by atoms with E-state index in [0.29, 0.717) is 12.3 Å². The average Bonchev–Trinajstić information content (AvgIpc) is 3.06. The zero-order valence-corrected chi connectivity index (χ0v) is 23.8. The molecule has 0 spiro atoms. The van der Waals surface area contributed by atoms with Crippen LogP contribution in [0.1, 0.15) is 90.5 Å². The molecule has 0 amide bonds. The van der Waals surface area contributed by atoms with Crippen LogP contribution in [0, 0.1) is 5.41 Å². The number of benzene rings is 2. The van der Waals surface area contributed by atoms with E-state index in [-0.39, 0.29) is 17.3 Å². The van der Waals surface area contributed by atoms with Gasteiger partial charge in [0.25, 0.3) is 0 Å². The lowest BCUT2D eigenvalue weighted by atomic mass is 9.83. The molecule has 0 fully saturated rings. The number of hydrogen-bond acceptors (Lipinski definition) is 2. The first kappa shape index (κ1) is 27.7. The number of aromatic nitrogens is 1. The number of rotatable bonds is 10. The quantitative estimate of drug-likeness (QED) is 0.275. The summed E-state index contributed by atoms with van der Waals surface area (Å²) in [7, 11) is 0. The van der Waals surface area contributed by atoms with Crippen molar-refractivity contribution in [3.8, 4) is 0 Å². The highest BCUT2D eigenvalue weighted by molar-refractivity contribution is 7.99. The van der Waals surface area contributed by atoms with E-state index in [9.17, 15) is 9.90 Å². The molecule has 1 aromatic heterocycles. The van der Waals surface area contributed by atoms with Crippen molar-refractivity contribution in [3.63, 3.8) is 0 Å². The molecule has 5 heteroatoms. The summed E-state index contributed by atoms with van der Waals surface area (Å²) in [6.07, 6.45) is 1.67. The summed E-state index contributed by atoms with van der Waals surface area (Å²) in [5, 5.41) is 11.3. The summed E-state index contributed by atoms with van der Waals surface area (Å²) in [6, 6.07) is 15.0. The number of carboxylic acid groups (broad SMARTS) is 1. The lowest BCUT2D eigenvalue weighted by Crippen LogP contribution is -2.24. The van der Waals surface area contributed by atoms with Gasteiger partial charge in [0.1, 0.15) is 0 Å². The third-order valence-corrected chi connectivity index (χ3v) is 8.41. The first-order chi connectivity index (χ1) is 16.3. The Balaban J connectivity index is 2.23. The van der Waals surface area contributed by atoms with Crippen molar-refractivity contribution in [2.24, 2.45) is 5.41 Å². The lowest BCUT2D eigenvalue weighted by molar-refractivity contribution is -0.137. The summed E-state index contributed by atoms with van der Waals surface area (Å²) in [4.78, 5) is 12.6. The molecule has 0 unspecified atom stereocenters. The number of carbonyl (C=O) groups is 1. The first-order valence-electron chi connectivity index (χ1n) is 12.5. The molecule has 0 aliphatic carbocycles. The standard InChI is InChI=1S/C30H40ClNO2S/c1-20(2)22-12-15-25-24(17-22)27(35-19-29(3,4)5)28(30(6,7)16-8-9-26(33)34)32(25)18-21-10-13-23(31)14-11-21/h10-15,17,20H,8-9,16,18-19H2,1-7H3,(H,33,34). The van der Waals surface area contributed by atoms with E-state index in [2.05, 4.69) is 83.4 Å². The highest BCUT2D eigenvalue weighted by atomic mass is 35.5. The smallest absolute Gasteiger partial charge is 0.303 e. The summed E-state index contributed by atoms with van der Waals surface area (Å²) in [5.74, 6) is 0.731. The monoisotopic (exact) mass is 513 g/mol. The largest absolute Gasteiger partial charge is 0.481 e. The Hall–Kier alpha value is -1.91. The zero-order valence-electron chi connectivity index (χ0n) is 22.2. The van der Waals surface area contributed by atoms with Gasteiger partial charge < -0.3 is 9.67 Å². The normalized spacial score (nSPS) is 12.6. The average molecular weight is 514 g/mol. The summed E-state index contributed by atoms with van der Waals surface area (Å²) < 4.78 is 2.47. The van der Waals surface area contributed by atoms with Crippen LogP contribution in [-0.4, -0.2) is 21.4 Å². The van der Waals surface area contributed by atoms with Crippen molar-refractivity contribution in [2.45, 2.75) is 90.5 Å². The molecule has 0 aliphatic rings. The van der Waals surface area contributed by atoms with Crippen molar-refractivity contribution in [2.75, 3.05) is 5.75 Å². The molecule has 0 atom stereocenters. The van der Waals surface area contributed by atoms with Gasteiger partial charge in [-0.05, 0) is 59.6 Å². The molecule has 35 heavy (non-hydrogen) atoms. The number of fused-ring (bicyclic) bond motifs is 1. The fourth-order valence-electron chi connectivity index (χ4n) is 4.54. The number of aliphatic carboxylic acids is 1. The van der Waals surface area contributed by atoms with Crippen LogP contribution in [0.25, 0.3) is 10.9 Å². The van der Waals surface area contributed by atoms with Crippen LogP contribution in [0.2, 0.25) is 5.02 Å². The highest BCUT2D eigenvalue weighted by Crippen LogP contribution is 2.45. The molecular weight excluding hydrogens is 474 g/mol. The minimum Gasteiger partial charge on any atom is -0.481 e. The molecule has 2 aromatic carbocycles. The van der Waals surface area contributed by atoms with Crippen LogP contribution < -0.4 is 0 Å². The third kappa shape index (κ3) is 7.07. The molecule has 0 saturated heterocycles. The Morgan fingerprint density at radius 2 is 1.71 bits per heavy atom. The fourth-order valence-corrected chi connectivity index (χ4v) is 6.09. The molecule has 0 bridgehead atoms. The van der Waals surface area contributed by atoms with Crippen LogP contribution in [0.15, 0.2) is 47.4 Å². The molecule has 0 aliphatic heterocycles. The molecular formula is C30H40ClNO2S. The number of halogens is 1. The molecule has 3 rings (SSSR count). The number of hydrogen-bond donors (Lipinski definition) is 1. The van der Waals surface area contributed by atoms with Gasteiger partial charge in [0.2, 0.25) is 0 Å². The van der Waals surface area contributed by atoms with Crippen LogP contribution in [0.4, 0.5) is 0 Å². The fraction of sp³-hybridized carbons (Fsp3) is 0.500. The van der Waals surface area contributed by atoms with Gasteiger partial charge in [-0.25, -0.2) is 0 Å². The second-order valence-corrected chi connectivity index (χ2v) is 13.2. The van der Waals surface area contributed by atoms with Gasteiger partial charge in [0.15, 0.2) is 0 Å². The minimum atomic E-state index is -0.730. The van der Waals surface area contributed by atoms with E-state index in [1.165, 1.54) is 32.6 Å². The Bertz CT molecular complexity index is 1170. The Morgan fingerprint density at radius 3 is 2.29 bits per heavy atom. The minimum absolute atomic E-state index is 0.181. The van der Waals surface area contributed by atoms with E-state index in [4.69, 9.17) is 11.6 Å². The van der Waals surface area contributed by atoms with E-state index in [1.807, 2.05) is 23.9 Å². The Labute approximate surface area is 220 Å². The summed E-state index contributed by atoms with van der Waals surface area (Å²) in [6.45, 7) is 16.6. The predicted octanol–water partition coefficient (Wildman–Crippen LogP) is 9.14. The maximum atomic E-state index is 11.3. The van der Waals surface area contributed by atoms with Crippen LogP contribution in [-0.2, 0) is 16.8 Å². The second kappa shape index (κ2) is 11.0. The van der Waals surface area contributed by atoms with Crippen molar-refractivity contribution in [3.05, 3.63) is 64.3 Å². The molecule has 1 N–H and O–H groups in total. The Morgan fingerprint density at radius 1 is 1.06 bits per heavy atom. The van der Waals surface area contributed by atoms with Crippen molar-refractivity contribution < 1.29 is 9.90 Å². The van der Waals surface area contributed by atoms with Crippen LogP contribution >= 0.6 is 23.4 Å². The topological polar surface area (TPSA) is 42.2 Å². The van der Waals surface area contributed by atoms with Crippen molar-refractivity contribution >= 4 is 40.2 Å². The molecule has 0 saturated carbocycles. The maximum Gasteiger partial charge on any atom is 0.303 e. The number of nitrogens with zero attached hydrogens (tertiary/aromatic N) is 1. The SMILES string of the molecule is CC(C)c1ccc2c(c1)c(SCC(C)(C)C)c(C(C)(C)CCCC(=O)O)n2Cc1ccc(Cl)cc1. The van der Waals surface area contributed by atoms with E-state index in [0.717, 1.165) is 23.7 Å². The predicted molar refractivity (Wildman–Crippen MR) is 151 cm³/mol. The summed E-state index contributed by atoms with van der Waals surface area (Å²) in [5.41, 5.74) is 5.10. The zero-order chi connectivity index (χ0) is 26.0. The van der Waals surface area contributed by atoms with Crippen LogP contribution in [0.3, 0.4) is 0 Å². The highest BCUT2D eigenvalue weighted by Gasteiger charge is 2.31.